The second-order valence-electron chi connectivity index (χ2n) is 0.747. The number of rotatable bonds is 0. The van der Waals surface area contributed by atoms with E-state index in [1.807, 2.05) is 6.92 Å². The highest BCUT2D eigenvalue weighted by atomic mass is 80.0. The standard InChI is InChI=1S/C3H7.Al.3BrH/c1-3-2;;;;/h1,3H2,2H3;;3*1H/q;+3;;;/p-3. The molecule has 0 unspecified atom stereocenters. The molecule has 0 amide bonds. The van der Waals surface area contributed by atoms with Crippen LogP contribution in [0.25, 0.3) is 0 Å². The lowest BCUT2D eigenvalue weighted by Crippen LogP contribution is -1.60. The van der Waals surface area contributed by atoms with Gasteiger partial charge < -0.3 is 0 Å². The van der Waals surface area contributed by atoms with Crippen LogP contribution in [0.15, 0.2) is 0 Å². The van der Waals surface area contributed by atoms with Crippen LogP contribution >= 0.6 is 42.2 Å². The Morgan fingerprint density at radius 2 is 1.43 bits per heavy atom. The molecule has 0 bridgehead atoms. The molecule has 0 aliphatic heterocycles. The van der Waals surface area contributed by atoms with Gasteiger partial charge in [0.25, 0.3) is 0 Å². The maximum atomic E-state index is 3.49. The minimum atomic E-state index is -0.701. The van der Waals surface area contributed by atoms with E-state index in [4.69, 9.17) is 0 Å². The van der Waals surface area contributed by atoms with Crippen LogP contribution in [-0.4, -0.2) is 8.67 Å². The Morgan fingerprint density at radius 3 is 1.43 bits per heavy atom. The van der Waals surface area contributed by atoms with Crippen LogP contribution in [0.4, 0.5) is 0 Å². The second-order valence-corrected chi connectivity index (χ2v) is 20.5. The summed E-state index contributed by atoms with van der Waals surface area (Å²) in [5, 5.41) is 0. The fourth-order valence-corrected chi connectivity index (χ4v) is 0. The normalized spacial score (nSPS) is 6.43. The van der Waals surface area contributed by atoms with Crippen molar-refractivity contribution in [3.8, 4) is 0 Å². The van der Waals surface area contributed by atoms with Crippen LogP contribution in [0.5, 0.6) is 0 Å². The summed E-state index contributed by atoms with van der Waals surface area (Å²) in [4.78, 5) is 0. The molecule has 7 heavy (non-hydrogen) atoms. The maximum absolute atomic E-state index is 3.49. The van der Waals surface area contributed by atoms with Crippen LogP contribution in [0, 0.1) is 6.92 Å². The number of hydrogen-bond donors (Lipinski definition) is 0. The minimum Gasteiger partial charge on any atom is -0.181 e. The first kappa shape index (κ1) is 11.7. The third-order valence-corrected chi connectivity index (χ3v) is 0. The molecule has 0 aromatic rings. The van der Waals surface area contributed by atoms with Crippen molar-refractivity contribution in [2.75, 3.05) is 0 Å². The van der Waals surface area contributed by atoms with E-state index < -0.39 is 8.67 Å². The molecule has 0 fully saturated rings. The summed E-state index contributed by atoms with van der Waals surface area (Å²) in [5.74, 6) is 0. The molecule has 0 spiro atoms. The molecular weight excluding hydrogens is 303 g/mol. The molecule has 0 N–H and O–H groups in total. The molecule has 0 saturated carbocycles. The SMILES string of the molecule is [Br][Al]([Br])[Br].[CH2]CC. The fraction of sp³-hybridized carbons (Fsp3) is 0.667. The van der Waals surface area contributed by atoms with Crippen molar-refractivity contribution < 1.29 is 0 Å². The lowest BCUT2D eigenvalue weighted by molar-refractivity contribution is 1.23. The Balaban J connectivity index is 0. The van der Waals surface area contributed by atoms with Gasteiger partial charge in [0.1, 0.15) is 0 Å². The lowest BCUT2D eigenvalue weighted by atomic mass is 10.6. The Labute approximate surface area is 70.4 Å². The van der Waals surface area contributed by atoms with Crippen molar-refractivity contribution in [2.45, 2.75) is 13.3 Å². The van der Waals surface area contributed by atoms with Crippen LogP contribution < -0.4 is 0 Å². The average molecular weight is 310 g/mol. The summed E-state index contributed by atoms with van der Waals surface area (Å²) in [6, 6.07) is 0. The smallest absolute Gasteiger partial charge is 0.181 e. The van der Waals surface area contributed by atoms with Crippen LogP contribution in [0.1, 0.15) is 13.3 Å². The average Bonchev–Trinajstić information content (AvgIpc) is 1.33. The van der Waals surface area contributed by atoms with Crippen molar-refractivity contribution in [3.05, 3.63) is 6.92 Å². The van der Waals surface area contributed by atoms with Gasteiger partial charge in [-0.05, 0) is 0 Å². The van der Waals surface area contributed by atoms with Crippen molar-refractivity contribution in [3.63, 3.8) is 0 Å². The van der Waals surface area contributed by atoms with E-state index in [1.54, 1.807) is 0 Å². The highest BCUT2D eigenvalue weighted by Crippen LogP contribution is 2.07. The van der Waals surface area contributed by atoms with Crippen molar-refractivity contribution in [2.24, 2.45) is 0 Å². The molecule has 4 heteroatoms. The summed E-state index contributed by atoms with van der Waals surface area (Å²) in [5.41, 5.74) is 0. The molecule has 0 aromatic carbocycles. The van der Waals surface area contributed by atoms with Gasteiger partial charge in [0.2, 0.25) is 0 Å². The highest BCUT2D eigenvalue weighted by molar-refractivity contribution is 9.69. The molecular formula is C3H7AlBr3. The molecule has 0 aliphatic carbocycles. The summed E-state index contributed by atoms with van der Waals surface area (Å²) < 4.78 is 0. The third kappa shape index (κ3) is 73.1. The molecule has 1 radical (unpaired) electrons. The van der Waals surface area contributed by atoms with Gasteiger partial charge in [-0.3, -0.25) is 0 Å². The molecule has 43 valence electrons. The zero-order chi connectivity index (χ0) is 6.28. The fourth-order valence-electron chi connectivity index (χ4n) is 0. The first-order valence-corrected chi connectivity index (χ1v) is 11.4. The quantitative estimate of drug-likeness (QED) is 0.602. The lowest BCUT2D eigenvalue weighted by Gasteiger charge is -1.59. The maximum Gasteiger partial charge on any atom is 0.542 e. The Kier molecular flexibility index (Phi) is 18.2. The summed E-state index contributed by atoms with van der Waals surface area (Å²) in [6.07, 6.45) is 1.00. The molecule has 0 aliphatic rings. The van der Waals surface area contributed by atoms with Gasteiger partial charge in [-0.25, -0.2) is 0 Å². The van der Waals surface area contributed by atoms with Gasteiger partial charge in [-0.15, -0.1) is 0 Å². The number of halogens is 3. The molecule has 0 aromatic heterocycles. The zero-order valence-electron chi connectivity index (χ0n) is 4.13. The Morgan fingerprint density at radius 1 is 1.43 bits per heavy atom. The highest BCUT2D eigenvalue weighted by Gasteiger charge is 1.95. The Hall–Kier alpha value is 1.97. The summed E-state index contributed by atoms with van der Waals surface area (Å²) in [6.45, 7) is 5.50. The first-order valence-electron chi connectivity index (χ1n) is 1.86. The topological polar surface area (TPSA) is 0 Å². The summed E-state index contributed by atoms with van der Waals surface area (Å²) >= 11 is 9.73. The molecule has 0 atom stereocenters. The van der Waals surface area contributed by atoms with E-state index in [9.17, 15) is 0 Å². The molecule has 0 rings (SSSR count). The zero-order valence-corrected chi connectivity index (χ0v) is 10.0. The Bertz CT molecular complexity index is 21.4. The molecule has 0 nitrogen and oxygen atoms in total. The van der Waals surface area contributed by atoms with Crippen LogP contribution in [0.2, 0.25) is 0 Å². The van der Waals surface area contributed by atoms with Gasteiger partial charge in [0.15, 0.2) is 0 Å². The molecule has 0 heterocycles. The van der Waals surface area contributed by atoms with Crippen molar-refractivity contribution in [1.29, 1.82) is 0 Å². The van der Waals surface area contributed by atoms with Gasteiger partial charge in [-0.2, -0.15) is 42.2 Å². The van der Waals surface area contributed by atoms with E-state index in [-0.39, 0.29) is 0 Å². The second kappa shape index (κ2) is 10.9. The minimum absolute atomic E-state index is 0.701. The monoisotopic (exact) mass is 307 g/mol. The predicted octanol–water partition coefficient (Wildman–Crippen LogP) is 3.39. The van der Waals surface area contributed by atoms with Crippen LogP contribution in [0.3, 0.4) is 0 Å². The predicted molar refractivity (Wildman–Crippen MR) is 48.2 cm³/mol. The summed E-state index contributed by atoms with van der Waals surface area (Å²) in [7, 11) is -0.701. The van der Waals surface area contributed by atoms with Gasteiger partial charge in [0, 0.05) is 0 Å². The van der Waals surface area contributed by atoms with Crippen LogP contribution in [-0.2, 0) is 0 Å². The van der Waals surface area contributed by atoms with E-state index in [0.29, 0.717) is 0 Å². The van der Waals surface area contributed by atoms with Crippen molar-refractivity contribution in [1.82, 2.24) is 0 Å². The largest absolute Gasteiger partial charge is 0.542 e. The van der Waals surface area contributed by atoms with E-state index >= 15 is 0 Å². The van der Waals surface area contributed by atoms with E-state index in [2.05, 4.69) is 49.1 Å². The third-order valence-electron chi connectivity index (χ3n) is 0. The van der Waals surface area contributed by atoms with E-state index in [0.717, 1.165) is 6.42 Å². The van der Waals surface area contributed by atoms with Crippen molar-refractivity contribution >= 4 is 50.8 Å². The van der Waals surface area contributed by atoms with E-state index in [1.165, 1.54) is 0 Å². The van der Waals surface area contributed by atoms with Gasteiger partial charge in [0.05, 0.1) is 0 Å². The number of hydrogen-bond acceptors (Lipinski definition) is 0. The van der Waals surface area contributed by atoms with Gasteiger partial charge >= 0.3 is 8.67 Å². The molecule has 0 saturated heterocycles. The first-order chi connectivity index (χ1) is 3.15. The van der Waals surface area contributed by atoms with Gasteiger partial charge in [-0.1, -0.05) is 20.3 Å².